The van der Waals surface area contributed by atoms with Crippen molar-refractivity contribution in [2.75, 3.05) is 34.3 Å². The molecule has 0 bridgehead atoms. The number of phenols is 1. The van der Waals surface area contributed by atoms with Gasteiger partial charge in [0, 0.05) is 18.2 Å². The highest BCUT2D eigenvalue weighted by molar-refractivity contribution is 5.39. The molecule has 106 valence electrons. The van der Waals surface area contributed by atoms with Crippen molar-refractivity contribution in [3.05, 3.63) is 23.8 Å². The molecular formula is C15H24N2O2. The van der Waals surface area contributed by atoms with Gasteiger partial charge in [0.2, 0.25) is 0 Å². The van der Waals surface area contributed by atoms with Gasteiger partial charge in [-0.15, -0.1) is 0 Å². The smallest absolute Gasteiger partial charge is 0.120 e. The van der Waals surface area contributed by atoms with E-state index in [-0.39, 0.29) is 0 Å². The first-order chi connectivity index (χ1) is 9.10. The van der Waals surface area contributed by atoms with Crippen LogP contribution in [0.2, 0.25) is 0 Å². The molecule has 0 saturated carbocycles. The molecule has 1 saturated heterocycles. The van der Waals surface area contributed by atoms with Crippen LogP contribution < -0.4 is 4.74 Å². The Hall–Kier alpha value is -1.26. The summed E-state index contributed by atoms with van der Waals surface area (Å²) in [6, 6.07) is 6.01. The zero-order valence-corrected chi connectivity index (χ0v) is 12.1. The molecule has 0 unspecified atom stereocenters. The number of likely N-dealkylation sites (tertiary alicyclic amines) is 1. The van der Waals surface area contributed by atoms with Crippen molar-refractivity contribution in [2.45, 2.75) is 25.4 Å². The van der Waals surface area contributed by atoms with Crippen LogP contribution in [0.5, 0.6) is 11.5 Å². The third-order valence-electron chi connectivity index (χ3n) is 4.02. The Morgan fingerprint density at radius 3 is 2.68 bits per heavy atom. The van der Waals surface area contributed by atoms with Gasteiger partial charge in [-0.3, -0.25) is 4.90 Å². The second-order valence-electron chi connectivity index (χ2n) is 5.44. The summed E-state index contributed by atoms with van der Waals surface area (Å²) in [7, 11) is 5.95. The van der Waals surface area contributed by atoms with E-state index >= 15 is 0 Å². The van der Waals surface area contributed by atoms with Crippen LogP contribution in [-0.4, -0.2) is 55.2 Å². The molecule has 0 radical (unpaired) electrons. The summed E-state index contributed by atoms with van der Waals surface area (Å²) in [6.07, 6.45) is 2.38. The molecule has 4 nitrogen and oxygen atoms in total. The molecule has 1 aromatic rings. The second kappa shape index (κ2) is 6.26. The largest absolute Gasteiger partial charge is 0.508 e. The number of aromatic hydroxyl groups is 1. The molecule has 1 aliphatic heterocycles. The van der Waals surface area contributed by atoms with E-state index in [0.29, 0.717) is 11.8 Å². The number of nitrogens with zero attached hydrogens (tertiary/aromatic N) is 2. The average molecular weight is 264 g/mol. The highest BCUT2D eigenvalue weighted by atomic mass is 16.5. The first-order valence-electron chi connectivity index (χ1n) is 6.85. The maximum Gasteiger partial charge on any atom is 0.120 e. The minimum Gasteiger partial charge on any atom is -0.508 e. The van der Waals surface area contributed by atoms with Crippen molar-refractivity contribution in [1.82, 2.24) is 9.80 Å². The van der Waals surface area contributed by atoms with E-state index in [1.165, 1.54) is 12.8 Å². The fraction of sp³-hybridized carbons (Fsp3) is 0.600. The maximum absolute atomic E-state index is 9.93. The van der Waals surface area contributed by atoms with Crippen LogP contribution in [0, 0.1) is 0 Å². The van der Waals surface area contributed by atoms with Gasteiger partial charge in [0.15, 0.2) is 0 Å². The molecule has 4 heteroatoms. The summed E-state index contributed by atoms with van der Waals surface area (Å²) in [5, 5.41) is 9.93. The van der Waals surface area contributed by atoms with Crippen molar-refractivity contribution in [1.29, 1.82) is 0 Å². The number of hydrogen-bond acceptors (Lipinski definition) is 4. The molecule has 1 fully saturated rings. The zero-order valence-electron chi connectivity index (χ0n) is 12.1. The quantitative estimate of drug-likeness (QED) is 0.901. The maximum atomic E-state index is 9.93. The Balaban J connectivity index is 2.00. The number of rotatable bonds is 4. The molecule has 1 N–H and O–H groups in total. The van der Waals surface area contributed by atoms with Gasteiger partial charge in [-0.2, -0.15) is 0 Å². The highest BCUT2D eigenvalue weighted by Gasteiger charge is 2.21. The Morgan fingerprint density at radius 1 is 1.37 bits per heavy atom. The third kappa shape index (κ3) is 3.61. The lowest BCUT2D eigenvalue weighted by atomic mass is 10.0. The van der Waals surface area contributed by atoms with E-state index in [1.807, 2.05) is 6.07 Å². The number of methoxy groups -OCH3 is 1. The summed E-state index contributed by atoms with van der Waals surface area (Å²) >= 11 is 0. The molecule has 0 atom stereocenters. The highest BCUT2D eigenvalue weighted by Crippen LogP contribution is 2.25. The first-order valence-corrected chi connectivity index (χ1v) is 6.85. The van der Waals surface area contributed by atoms with E-state index in [2.05, 4.69) is 23.9 Å². The summed E-state index contributed by atoms with van der Waals surface area (Å²) in [5.41, 5.74) is 0.931. The second-order valence-corrected chi connectivity index (χ2v) is 5.44. The molecule has 0 aliphatic carbocycles. The van der Waals surface area contributed by atoms with Gasteiger partial charge < -0.3 is 14.7 Å². The summed E-state index contributed by atoms with van der Waals surface area (Å²) in [6.45, 7) is 3.07. The van der Waals surface area contributed by atoms with Crippen molar-refractivity contribution in [2.24, 2.45) is 0 Å². The van der Waals surface area contributed by atoms with Gasteiger partial charge >= 0.3 is 0 Å². The predicted octanol–water partition coefficient (Wildman–Crippen LogP) is 1.93. The molecular weight excluding hydrogens is 240 g/mol. The summed E-state index contributed by atoms with van der Waals surface area (Å²) < 4.78 is 5.21. The Kier molecular flexibility index (Phi) is 4.66. The molecule has 0 spiro atoms. The van der Waals surface area contributed by atoms with Gasteiger partial charge in [-0.25, -0.2) is 0 Å². The number of benzene rings is 1. The fourth-order valence-corrected chi connectivity index (χ4v) is 2.65. The van der Waals surface area contributed by atoms with Gasteiger partial charge in [-0.1, -0.05) is 0 Å². The van der Waals surface area contributed by atoms with E-state index in [9.17, 15) is 5.11 Å². The van der Waals surface area contributed by atoms with E-state index in [4.69, 9.17) is 4.74 Å². The molecule has 19 heavy (non-hydrogen) atoms. The van der Waals surface area contributed by atoms with Crippen LogP contribution >= 0.6 is 0 Å². The average Bonchev–Trinajstić information content (AvgIpc) is 2.42. The van der Waals surface area contributed by atoms with Crippen LogP contribution in [-0.2, 0) is 6.54 Å². The van der Waals surface area contributed by atoms with E-state index in [0.717, 1.165) is 30.9 Å². The van der Waals surface area contributed by atoms with Crippen LogP contribution in [0.4, 0.5) is 0 Å². The topological polar surface area (TPSA) is 35.9 Å². The van der Waals surface area contributed by atoms with Crippen molar-refractivity contribution in [3.8, 4) is 11.5 Å². The Bertz CT molecular complexity index is 415. The number of ether oxygens (including phenoxy) is 1. The predicted molar refractivity (Wildman–Crippen MR) is 76.6 cm³/mol. The lowest BCUT2D eigenvalue weighted by molar-refractivity contribution is 0.138. The molecule has 0 aromatic heterocycles. The normalized spacial score (nSPS) is 17.9. The van der Waals surface area contributed by atoms with Crippen molar-refractivity contribution in [3.63, 3.8) is 0 Å². The number of hydrogen-bond donors (Lipinski definition) is 1. The minimum atomic E-state index is 0.348. The van der Waals surface area contributed by atoms with Crippen LogP contribution in [0.15, 0.2) is 18.2 Å². The van der Waals surface area contributed by atoms with Gasteiger partial charge in [0.25, 0.3) is 0 Å². The first kappa shape index (κ1) is 14.2. The third-order valence-corrected chi connectivity index (χ3v) is 4.02. The van der Waals surface area contributed by atoms with Crippen molar-refractivity contribution >= 4 is 0 Å². The summed E-state index contributed by atoms with van der Waals surface area (Å²) in [4.78, 5) is 4.70. The fourth-order valence-electron chi connectivity index (χ4n) is 2.65. The van der Waals surface area contributed by atoms with E-state index in [1.54, 1.807) is 19.2 Å². The van der Waals surface area contributed by atoms with Gasteiger partial charge in [0.05, 0.1) is 7.11 Å². The SMILES string of the molecule is COc1ccc(O)c(CN(C)C2CCN(C)CC2)c1. The number of piperidine rings is 1. The molecule has 0 amide bonds. The van der Waals surface area contributed by atoms with Crippen LogP contribution in [0.25, 0.3) is 0 Å². The molecule has 2 rings (SSSR count). The standard InChI is InChI=1S/C15H24N2O2/c1-16-8-6-13(7-9-16)17(2)11-12-10-14(19-3)4-5-15(12)18/h4-5,10,13,18H,6-9,11H2,1-3H3. The lowest BCUT2D eigenvalue weighted by Gasteiger charge is -2.35. The van der Waals surface area contributed by atoms with Crippen LogP contribution in [0.1, 0.15) is 18.4 Å². The Labute approximate surface area is 115 Å². The van der Waals surface area contributed by atoms with Crippen molar-refractivity contribution < 1.29 is 9.84 Å². The number of phenolic OH excluding ortho intramolecular Hbond substituents is 1. The van der Waals surface area contributed by atoms with Gasteiger partial charge in [-0.05, 0) is 58.2 Å². The Morgan fingerprint density at radius 2 is 2.05 bits per heavy atom. The summed E-state index contributed by atoms with van der Waals surface area (Å²) in [5.74, 6) is 1.14. The monoisotopic (exact) mass is 264 g/mol. The molecule has 1 heterocycles. The van der Waals surface area contributed by atoms with Gasteiger partial charge in [0.1, 0.15) is 11.5 Å². The zero-order chi connectivity index (χ0) is 13.8. The lowest BCUT2D eigenvalue weighted by Crippen LogP contribution is -2.41. The van der Waals surface area contributed by atoms with E-state index < -0.39 is 0 Å². The molecule has 1 aromatic carbocycles. The minimum absolute atomic E-state index is 0.348. The van der Waals surface area contributed by atoms with Crippen LogP contribution in [0.3, 0.4) is 0 Å². The molecule has 1 aliphatic rings.